The van der Waals surface area contributed by atoms with Gasteiger partial charge in [0, 0.05) is 38.8 Å². The Hall–Kier alpha value is -2.53. The molecule has 5 nitrogen and oxygen atoms in total. The van der Waals surface area contributed by atoms with Gasteiger partial charge in [-0.3, -0.25) is 9.69 Å². The monoisotopic (exact) mass is 368 g/mol. The number of amides is 1. The molecule has 27 heavy (non-hydrogen) atoms. The van der Waals surface area contributed by atoms with Crippen molar-refractivity contribution >= 4 is 5.91 Å². The molecule has 0 N–H and O–H groups in total. The number of ether oxygens (including phenoxy) is 2. The van der Waals surface area contributed by atoms with Gasteiger partial charge in [-0.1, -0.05) is 43.3 Å². The maximum absolute atomic E-state index is 12.9. The first-order valence-corrected chi connectivity index (χ1v) is 9.55. The van der Waals surface area contributed by atoms with Gasteiger partial charge < -0.3 is 14.4 Å². The van der Waals surface area contributed by atoms with Crippen LogP contribution in [-0.2, 0) is 11.3 Å². The molecular weight excluding hydrogens is 340 g/mol. The summed E-state index contributed by atoms with van der Waals surface area (Å²) in [5, 5.41) is 0. The van der Waals surface area contributed by atoms with Crippen LogP contribution in [0.2, 0.25) is 0 Å². The van der Waals surface area contributed by atoms with Crippen LogP contribution in [0, 0.1) is 0 Å². The molecule has 1 amide bonds. The van der Waals surface area contributed by atoms with Crippen molar-refractivity contribution in [3.05, 3.63) is 60.2 Å². The van der Waals surface area contributed by atoms with E-state index in [4.69, 9.17) is 9.47 Å². The predicted molar refractivity (Wildman–Crippen MR) is 106 cm³/mol. The summed E-state index contributed by atoms with van der Waals surface area (Å²) in [7, 11) is 1.62. The standard InChI is InChI=1S/C22H28N2O3/c1-3-21(27-20-11-7-10-19(16-20)26-2)22(25)24-14-12-23(13-15-24)17-18-8-5-4-6-9-18/h4-11,16,21H,3,12-15,17H2,1-2H3/t21-/m0/s1. The number of methoxy groups -OCH3 is 1. The van der Waals surface area contributed by atoms with E-state index in [1.54, 1.807) is 7.11 Å². The Morgan fingerprint density at radius 3 is 2.37 bits per heavy atom. The molecule has 0 aromatic heterocycles. The molecule has 1 aliphatic heterocycles. The van der Waals surface area contributed by atoms with Crippen molar-refractivity contribution in [2.24, 2.45) is 0 Å². The zero-order chi connectivity index (χ0) is 19.1. The molecule has 2 aromatic carbocycles. The molecule has 5 heteroatoms. The summed E-state index contributed by atoms with van der Waals surface area (Å²) in [4.78, 5) is 17.2. The third-order valence-electron chi connectivity index (χ3n) is 4.90. The van der Waals surface area contributed by atoms with Gasteiger partial charge in [-0.05, 0) is 24.1 Å². The largest absolute Gasteiger partial charge is 0.497 e. The lowest BCUT2D eigenvalue weighted by Crippen LogP contribution is -2.52. The van der Waals surface area contributed by atoms with Gasteiger partial charge in [0.1, 0.15) is 11.5 Å². The summed E-state index contributed by atoms with van der Waals surface area (Å²) in [6, 6.07) is 17.9. The normalized spacial score (nSPS) is 16.0. The Morgan fingerprint density at radius 1 is 1.00 bits per heavy atom. The van der Waals surface area contributed by atoms with E-state index < -0.39 is 6.10 Å². The quantitative estimate of drug-likeness (QED) is 0.753. The molecule has 0 radical (unpaired) electrons. The predicted octanol–water partition coefficient (Wildman–Crippen LogP) is 3.20. The molecule has 2 aromatic rings. The molecule has 1 heterocycles. The van der Waals surface area contributed by atoms with Gasteiger partial charge in [0.15, 0.2) is 6.10 Å². The molecular formula is C22H28N2O3. The number of hydrogen-bond acceptors (Lipinski definition) is 4. The van der Waals surface area contributed by atoms with Crippen molar-refractivity contribution < 1.29 is 14.3 Å². The van der Waals surface area contributed by atoms with Gasteiger partial charge in [-0.15, -0.1) is 0 Å². The van der Waals surface area contributed by atoms with Crippen molar-refractivity contribution in [2.45, 2.75) is 26.0 Å². The highest BCUT2D eigenvalue weighted by molar-refractivity contribution is 5.81. The molecule has 1 fully saturated rings. The molecule has 0 bridgehead atoms. The van der Waals surface area contributed by atoms with Crippen molar-refractivity contribution in [1.29, 1.82) is 0 Å². The number of nitrogens with zero attached hydrogens (tertiary/aromatic N) is 2. The third-order valence-corrected chi connectivity index (χ3v) is 4.90. The molecule has 3 rings (SSSR count). The molecule has 0 aliphatic carbocycles. The first-order valence-electron chi connectivity index (χ1n) is 9.55. The lowest BCUT2D eigenvalue weighted by molar-refractivity contribution is -0.140. The van der Waals surface area contributed by atoms with Crippen molar-refractivity contribution in [3.8, 4) is 11.5 Å². The Kier molecular flexibility index (Phi) is 6.71. The highest BCUT2D eigenvalue weighted by Gasteiger charge is 2.27. The summed E-state index contributed by atoms with van der Waals surface area (Å²) >= 11 is 0. The number of carbonyl (C=O) groups is 1. The SMILES string of the molecule is CC[C@H](Oc1cccc(OC)c1)C(=O)N1CCN(Cc2ccccc2)CC1. The van der Waals surface area contributed by atoms with E-state index in [2.05, 4.69) is 29.2 Å². The fourth-order valence-electron chi connectivity index (χ4n) is 3.32. The molecule has 0 unspecified atom stereocenters. The van der Waals surface area contributed by atoms with Crippen LogP contribution in [0.5, 0.6) is 11.5 Å². The lowest BCUT2D eigenvalue weighted by Gasteiger charge is -2.36. The van der Waals surface area contributed by atoms with Crippen molar-refractivity contribution in [1.82, 2.24) is 9.80 Å². The van der Waals surface area contributed by atoms with Crippen LogP contribution in [0.15, 0.2) is 54.6 Å². The summed E-state index contributed by atoms with van der Waals surface area (Å²) in [5.74, 6) is 1.46. The molecule has 0 saturated carbocycles. The van der Waals surface area contributed by atoms with Crippen molar-refractivity contribution in [2.75, 3.05) is 33.3 Å². The number of hydrogen-bond donors (Lipinski definition) is 0. The molecule has 144 valence electrons. The first kappa shape index (κ1) is 19.2. The summed E-state index contributed by atoms with van der Waals surface area (Å²) in [5.41, 5.74) is 1.31. The van der Waals surface area contributed by atoms with Crippen molar-refractivity contribution in [3.63, 3.8) is 0 Å². The van der Waals surface area contributed by atoms with Crippen LogP contribution in [0.3, 0.4) is 0 Å². The van der Waals surface area contributed by atoms with E-state index in [0.717, 1.165) is 38.5 Å². The average Bonchev–Trinajstić information content (AvgIpc) is 2.73. The molecule has 1 aliphatic rings. The van der Waals surface area contributed by atoms with Crippen LogP contribution in [0.25, 0.3) is 0 Å². The summed E-state index contributed by atoms with van der Waals surface area (Å²) < 4.78 is 11.2. The zero-order valence-electron chi connectivity index (χ0n) is 16.1. The van der Waals surface area contributed by atoms with Crippen LogP contribution in [-0.4, -0.2) is 55.1 Å². The Balaban J connectivity index is 1.53. The third kappa shape index (κ3) is 5.23. The second-order valence-corrected chi connectivity index (χ2v) is 6.78. The zero-order valence-corrected chi connectivity index (χ0v) is 16.1. The van der Waals surface area contributed by atoms with E-state index >= 15 is 0 Å². The number of carbonyl (C=O) groups excluding carboxylic acids is 1. The van der Waals surface area contributed by atoms with Gasteiger partial charge in [-0.25, -0.2) is 0 Å². The van der Waals surface area contributed by atoms with E-state index in [0.29, 0.717) is 12.2 Å². The number of benzene rings is 2. The minimum atomic E-state index is -0.460. The highest BCUT2D eigenvalue weighted by Crippen LogP contribution is 2.21. The second kappa shape index (κ2) is 9.42. The van der Waals surface area contributed by atoms with Gasteiger partial charge in [0.05, 0.1) is 7.11 Å². The number of piperazine rings is 1. The van der Waals surface area contributed by atoms with Crippen LogP contribution in [0.1, 0.15) is 18.9 Å². The summed E-state index contributed by atoms with van der Waals surface area (Å²) in [6.45, 7) is 6.16. The van der Waals surface area contributed by atoms with E-state index in [1.807, 2.05) is 42.2 Å². The van der Waals surface area contributed by atoms with E-state index in [9.17, 15) is 4.79 Å². The maximum Gasteiger partial charge on any atom is 0.263 e. The highest BCUT2D eigenvalue weighted by atomic mass is 16.5. The van der Waals surface area contributed by atoms with E-state index in [-0.39, 0.29) is 5.91 Å². The Labute approximate surface area is 161 Å². The minimum Gasteiger partial charge on any atom is -0.497 e. The fraction of sp³-hybridized carbons (Fsp3) is 0.409. The fourth-order valence-corrected chi connectivity index (χ4v) is 3.32. The minimum absolute atomic E-state index is 0.0691. The van der Waals surface area contributed by atoms with E-state index in [1.165, 1.54) is 5.56 Å². The average molecular weight is 368 g/mol. The van der Waals surface area contributed by atoms with Gasteiger partial charge in [0.25, 0.3) is 5.91 Å². The lowest BCUT2D eigenvalue weighted by atomic mass is 10.1. The molecule has 1 atom stereocenters. The van der Waals surface area contributed by atoms with Gasteiger partial charge >= 0.3 is 0 Å². The van der Waals surface area contributed by atoms with Crippen LogP contribution in [0.4, 0.5) is 0 Å². The molecule has 1 saturated heterocycles. The number of rotatable bonds is 7. The van der Waals surface area contributed by atoms with Gasteiger partial charge in [-0.2, -0.15) is 0 Å². The van der Waals surface area contributed by atoms with Gasteiger partial charge in [0.2, 0.25) is 0 Å². The summed E-state index contributed by atoms with van der Waals surface area (Å²) in [6.07, 6.45) is 0.179. The topological polar surface area (TPSA) is 42.0 Å². The smallest absolute Gasteiger partial charge is 0.263 e. The first-order chi connectivity index (χ1) is 13.2. The second-order valence-electron chi connectivity index (χ2n) is 6.78. The maximum atomic E-state index is 12.9. The van der Waals surface area contributed by atoms with Crippen LogP contribution < -0.4 is 9.47 Å². The Bertz CT molecular complexity index is 727. The molecule has 0 spiro atoms. The Morgan fingerprint density at radius 2 is 1.70 bits per heavy atom. The van der Waals surface area contributed by atoms with Crippen LogP contribution >= 0.6 is 0 Å².